The lowest BCUT2D eigenvalue weighted by molar-refractivity contribution is -0.123. The number of carbonyl (C=O) groups is 1. The predicted molar refractivity (Wildman–Crippen MR) is 120 cm³/mol. The molecular formula is C25H34N2O2. The number of ether oxygens (including phenoxy) is 1. The van der Waals surface area contributed by atoms with Gasteiger partial charge in [-0.3, -0.25) is 4.79 Å². The molecule has 2 aromatic rings. The third kappa shape index (κ3) is 5.75. The van der Waals surface area contributed by atoms with Crippen LogP contribution >= 0.6 is 0 Å². The molecule has 1 fully saturated rings. The van der Waals surface area contributed by atoms with Crippen LogP contribution in [0.3, 0.4) is 0 Å². The fourth-order valence-corrected chi connectivity index (χ4v) is 3.88. The van der Waals surface area contributed by atoms with E-state index in [-0.39, 0.29) is 18.6 Å². The van der Waals surface area contributed by atoms with E-state index in [4.69, 9.17) is 4.74 Å². The lowest BCUT2D eigenvalue weighted by Crippen LogP contribution is -2.31. The zero-order valence-corrected chi connectivity index (χ0v) is 18.2. The molecule has 3 rings (SSSR count). The Labute approximate surface area is 175 Å². The number of carbonyl (C=O) groups excluding carboxylic acids is 1. The average molecular weight is 395 g/mol. The Kier molecular flexibility index (Phi) is 7.18. The molecule has 0 aliphatic carbocycles. The molecule has 0 spiro atoms. The molecule has 1 atom stereocenters. The van der Waals surface area contributed by atoms with Crippen LogP contribution in [-0.2, 0) is 4.79 Å². The van der Waals surface area contributed by atoms with Gasteiger partial charge < -0.3 is 15.0 Å². The first kappa shape index (κ1) is 21.2. The van der Waals surface area contributed by atoms with Gasteiger partial charge in [-0.15, -0.1) is 0 Å². The lowest BCUT2D eigenvalue weighted by Gasteiger charge is -2.29. The zero-order valence-electron chi connectivity index (χ0n) is 18.2. The maximum absolute atomic E-state index is 12.4. The molecule has 1 heterocycles. The fourth-order valence-electron chi connectivity index (χ4n) is 3.88. The standard InChI is InChI=1S/C25H34N2O2/c1-18(2)23-13-8-19(3)16-24(23)29-17-25(28)26-20(4)21-9-11-22(12-10-21)27-14-6-5-7-15-27/h8-13,16,18,20H,5-7,14-15,17H2,1-4H3,(H,26,28)/t20-/m1/s1. The van der Waals surface area contributed by atoms with Crippen molar-refractivity contribution in [1.82, 2.24) is 5.32 Å². The van der Waals surface area contributed by atoms with Gasteiger partial charge in [0, 0.05) is 18.8 Å². The molecule has 0 unspecified atom stereocenters. The summed E-state index contributed by atoms with van der Waals surface area (Å²) in [5.74, 6) is 1.05. The van der Waals surface area contributed by atoms with Crippen LogP contribution in [0.1, 0.15) is 68.7 Å². The predicted octanol–water partition coefficient (Wildman–Crippen LogP) is 5.36. The van der Waals surface area contributed by atoms with Gasteiger partial charge in [-0.05, 0) is 73.9 Å². The third-order valence-corrected chi connectivity index (χ3v) is 5.64. The number of amides is 1. The molecule has 4 heteroatoms. The second-order valence-electron chi connectivity index (χ2n) is 8.41. The molecular weight excluding hydrogens is 360 g/mol. The Balaban J connectivity index is 1.55. The van der Waals surface area contributed by atoms with E-state index in [0.29, 0.717) is 5.92 Å². The van der Waals surface area contributed by atoms with Gasteiger partial charge in [-0.2, -0.15) is 0 Å². The van der Waals surface area contributed by atoms with Crippen LogP contribution in [0.25, 0.3) is 0 Å². The number of nitrogens with one attached hydrogen (secondary N) is 1. The number of piperidine rings is 1. The Morgan fingerprint density at radius 2 is 1.72 bits per heavy atom. The minimum atomic E-state index is -0.103. The van der Waals surface area contributed by atoms with Crippen molar-refractivity contribution in [3.63, 3.8) is 0 Å². The second kappa shape index (κ2) is 9.82. The monoisotopic (exact) mass is 394 g/mol. The highest BCUT2D eigenvalue weighted by Gasteiger charge is 2.14. The van der Waals surface area contributed by atoms with Gasteiger partial charge >= 0.3 is 0 Å². The van der Waals surface area contributed by atoms with Crippen molar-refractivity contribution in [3.8, 4) is 5.75 Å². The Morgan fingerprint density at radius 3 is 2.38 bits per heavy atom. The van der Waals surface area contributed by atoms with Crippen molar-refractivity contribution in [2.45, 2.75) is 58.9 Å². The molecule has 29 heavy (non-hydrogen) atoms. The number of rotatable bonds is 7. The molecule has 1 amide bonds. The molecule has 1 aliphatic rings. The van der Waals surface area contributed by atoms with E-state index in [2.05, 4.69) is 60.5 Å². The molecule has 0 radical (unpaired) electrons. The molecule has 1 N–H and O–H groups in total. The van der Waals surface area contributed by atoms with Crippen LogP contribution in [-0.4, -0.2) is 25.6 Å². The number of anilines is 1. The van der Waals surface area contributed by atoms with E-state index in [1.54, 1.807) is 0 Å². The fraction of sp³-hybridized carbons (Fsp3) is 0.480. The smallest absolute Gasteiger partial charge is 0.258 e. The Hall–Kier alpha value is -2.49. The van der Waals surface area contributed by atoms with Crippen molar-refractivity contribution >= 4 is 11.6 Å². The van der Waals surface area contributed by atoms with Crippen molar-refractivity contribution in [2.75, 3.05) is 24.6 Å². The highest BCUT2D eigenvalue weighted by atomic mass is 16.5. The van der Waals surface area contributed by atoms with E-state index < -0.39 is 0 Å². The third-order valence-electron chi connectivity index (χ3n) is 5.64. The van der Waals surface area contributed by atoms with Crippen LogP contribution in [0.2, 0.25) is 0 Å². The summed E-state index contributed by atoms with van der Waals surface area (Å²) in [6, 6.07) is 14.7. The molecule has 1 aliphatic heterocycles. The van der Waals surface area contributed by atoms with Crippen LogP contribution in [0.15, 0.2) is 42.5 Å². The number of hydrogen-bond donors (Lipinski definition) is 1. The summed E-state index contributed by atoms with van der Waals surface area (Å²) in [5, 5.41) is 3.05. The first-order valence-electron chi connectivity index (χ1n) is 10.8. The second-order valence-corrected chi connectivity index (χ2v) is 8.41. The van der Waals surface area contributed by atoms with Gasteiger partial charge in [0.15, 0.2) is 6.61 Å². The molecule has 0 saturated carbocycles. The van der Waals surface area contributed by atoms with Crippen molar-refractivity contribution in [3.05, 3.63) is 59.2 Å². The van der Waals surface area contributed by atoms with E-state index in [0.717, 1.165) is 35.5 Å². The summed E-state index contributed by atoms with van der Waals surface area (Å²) in [6.07, 6.45) is 3.88. The SMILES string of the molecule is Cc1ccc(C(C)C)c(OCC(=O)N[C@H](C)c2ccc(N3CCCCC3)cc2)c1. The molecule has 0 aromatic heterocycles. The molecule has 2 aromatic carbocycles. The van der Waals surface area contributed by atoms with Crippen LogP contribution in [0.4, 0.5) is 5.69 Å². The van der Waals surface area contributed by atoms with Crippen LogP contribution in [0, 0.1) is 6.92 Å². The maximum Gasteiger partial charge on any atom is 0.258 e. The summed E-state index contributed by atoms with van der Waals surface area (Å²) in [6.45, 7) is 10.6. The molecule has 0 bridgehead atoms. The first-order valence-corrected chi connectivity index (χ1v) is 10.8. The molecule has 156 valence electrons. The minimum Gasteiger partial charge on any atom is -0.483 e. The summed E-state index contributed by atoms with van der Waals surface area (Å²) >= 11 is 0. The number of benzene rings is 2. The van der Waals surface area contributed by atoms with Gasteiger partial charge in [-0.25, -0.2) is 0 Å². The van der Waals surface area contributed by atoms with Gasteiger partial charge in [0.1, 0.15) is 5.75 Å². The Bertz CT molecular complexity index is 808. The maximum atomic E-state index is 12.4. The minimum absolute atomic E-state index is 0.0272. The van der Waals surface area contributed by atoms with Crippen LogP contribution in [0.5, 0.6) is 5.75 Å². The summed E-state index contributed by atoms with van der Waals surface area (Å²) in [7, 11) is 0. The summed E-state index contributed by atoms with van der Waals surface area (Å²) in [5.41, 5.74) is 4.64. The highest BCUT2D eigenvalue weighted by Crippen LogP contribution is 2.27. The lowest BCUT2D eigenvalue weighted by atomic mass is 10.0. The van der Waals surface area contributed by atoms with E-state index in [1.165, 1.54) is 24.9 Å². The van der Waals surface area contributed by atoms with Crippen molar-refractivity contribution in [2.24, 2.45) is 0 Å². The number of nitrogens with zero attached hydrogens (tertiary/aromatic N) is 1. The van der Waals surface area contributed by atoms with Crippen LogP contribution < -0.4 is 15.0 Å². The van der Waals surface area contributed by atoms with Gasteiger partial charge in [-0.1, -0.05) is 38.1 Å². The highest BCUT2D eigenvalue weighted by molar-refractivity contribution is 5.78. The van der Waals surface area contributed by atoms with Gasteiger partial charge in [0.05, 0.1) is 6.04 Å². The summed E-state index contributed by atoms with van der Waals surface area (Å²) in [4.78, 5) is 14.9. The van der Waals surface area contributed by atoms with Gasteiger partial charge in [0.2, 0.25) is 0 Å². The topological polar surface area (TPSA) is 41.6 Å². The Morgan fingerprint density at radius 1 is 1.03 bits per heavy atom. The van der Waals surface area contributed by atoms with Crippen molar-refractivity contribution < 1.29 is 9.53 Å². The van der Waals surface area contributed by atoms with Crippen molar-refractivity contribution in [1.29, 1.82) is 0 Å². The molecule has 1 saturated heterocycles. The normalized spacial score (nSPS) is 15.3. The van der Waals surface area contributed by atoms with E-state index in [9.17, 15) is 4.79 Å². The molecule has 4 nitrogen and oxygen atoms in total. The zero-order chi connectivity index (χ0) is 20.8. The van der Waals surface area contributed by atoms with E-state index >= 15 is 0 Å². The first-order chi connectivity index (χ1) is 13.9. The summed E-state index contributed by atoms with van der Waals surface area (Å²) < 4.78 is 5.86. The average Bonchev–Trinajstić information content (AvgIpc) is 2.73. The van der Waals surface area contributed by atoms with Gasteiger partial charge in [0.25, 0.3) is 5.91 Å². The largest absolute Gasteiger partial charge is 0.483 e. The van der Waals surface area contributed by atoms with E-state index in [1.807, 2.05) is 19.9 Å². The number of aryl methyl sites for hydroxylation is 1. The number of hydrogen-bond acceptors (Lipinski definition) is 3. The quantitative estimate of drug-likeness (QED) is 0.687.